The van der Waals surface area contributed by atoms with E-state index in [1.54, 1.807) is 17.8 Å². The van der Waals surface area contributed by atoms with Crippen molar-refractivity contribution < 1.29 is 4.79 Å². The zero-order chi connectivity index (χ0) is 17.9. The van der Waals surface area contributed by atoms with Gasteiger partial charge in [0.25, 0.3) is 5.91 Å². The van der Waals surface area contributed by atoms with Crippen LogP contribution in [0.5, 0.6) is 0 Å². The number of amides is 1. The molecule has 1 aliphatic heterocycles. The van der Waals surface area contributed by atoms with Crippen molar-refractivity contribution in [2.24, 2.45) is 0 Å². The largest absolute Gasteiger partial charge is 0.351 e. The van der Waals surface area contributed by atoms with Gasteiger partial charge in [-0.15, -0.1) is 11.3 Å². The number of carbonyl (C=O) groups is 1. The van der Waals surface area contributed by atoms with Crippen LogP contribution < -0.4 is 10.2 Å². The molecule has 0 aliphatic carbocycles. The fraction of sp³-hybridized carbons (Fsp3) is 0.353. The lowest BCUT2D eigenvalue weighted by Gasteiger charge is -2.33. The fourth-order valence-corrected chi connectivity index (χ4v) is 3.71. The Morgan fingerprint density at radius 2 is 2.19 bits per heavy atom. The van der Waals surface area contributed by atoms with Crippen molar-refractivity contribution >= 4 is 23.2 Å². The summed E-state index contributed by atoms with van der Waals surface area (Å²) < 4.78 is 2.04. The summed E-state index contributed by atoms with van der Waals surface area (Å²) in [7, 11) is 0. The number of aryl methyl sites for hydroxylation is 1. The molecule has 1 amide bonds. The van der Waals surface area contributed by atoms with E-state index in [2.05, 4.69) is 30.3 Å². The quantitative estimate of drug-likeness (QED) is 0.738. The van der Waals surface area contributed by atoms with Gasteiger partial charge in [-0.05, 0) is 25.5 Å². The van der Waals surface area contributed by atoms with E-state index in [1.807, 2.05) is 29.9 Å². The first-order chi connectivity index (χ1) is 12.7. The average Bonchev–Trinajstić information content (AvgIpc) is 3.31. The maximum atomic E-state index is 12.2. The van der Waals surface area contributed by atoms with Gasteiger partial charge in [0.05, 0.1) is 23.3 Å². The second-order valence-corrected chi connectivity index (χ2v) is 7.21. The standard InChI is InChI=1S/C17H19N7OS/c1-12-22-15(11-26-12)16(25)18-7-3-13-9-23(17-19-5-2-6-20-17)10-14-4-8-21-24(13)14/h2,4-6,8,11,13H,3,7,9-10H2,1H3,(H,18,25)/t13-/m0/s1. The Labute approximate surface area is 154 Å². The van der Waals surface area contributed by atoms with Gasteiger partial charge in [0.2, 0.25) is 5.95 Å². The van der Waals surface area contributed by atoms with Crippen molar-refractivity contribution in [1.29, 1.82) is 0 Å². The number of rotatable bonds is 5. The third-order valence-corrected chi connectivity index (χ3v) is 5.11. The molecule has 0 saturated heterocycles. The number of fused-ring (bicyclic) bond motifs is 1. The van der Waals surface area contributed by atoms with E-state index in [0.717, 1.165) is 30.2 Å². The van der Waals surface area contributed by atoms with Crippen LogP contribution in [-0.2, 0) is 6.54 Å². The highest BCUT2D eigenvalue weighted by Crippen LogP contribution is 2.25. The molecule has 0 unspecified atom stereocenters. The van der Waals surface area contributed by atoms with Crippen molar-refractivity contribution in [3.8, 4) is 0 Å². The normalized spacial score (nSPS) is 16.3. The number of aromatic nitrogens is 5. The minimum atomic E-state index is -0.130. The summed E-state index contributed by atoms with van der Waals surface area (Å²) in [5.74, 6) is 0.584. The van der Waals surface area contributed by atoms with Crippen molar-refractivity contribution in [2.45, 2.75) is 25.9 Å². The summed E-state index contributed by atoms with van der Waals surface area (Å²) in [6.07, 6.45) is 6.08. The lowest BCUT2D eigenvalue weighted by Crippen LogP contribution is -2.40. The molecule has 3 aromatic heterocycles. The predicted molar refractivity (Wildman–Crippen MR) is 98.1 cm³/mol. The highest BCUT2D eigenvalue weighted by Gasteiger charge is 2.26. The van der Waals surface area contributed by atoms with E-state index in [-0.39, 0.29) is 11.9 Å². The van der Waals surface area contributed by atoms with E-state index in [1.165, 1.54) is 11.3 Å². The molecule has 26 heavy (non-hydrogen) atoms. The maximum Gasteiger partial charge on any atom is 0.270 e. The third-order valence-electron chi connectivity index (χ3n) is 4.33. The first-order valence-electron chi connectivity index (χ1n) is 8.45. The Kier molecular flexibility index (Phi) is 4.61. The smallest absolute Gasteiger partial charge is 0.270 e. The molecule has 3 aromatic rings. The lowest BCUT2D eigenvalue weighted by atomic mass is 10.1. The molecule has 9 heteroatoms. The summed E-state index contributed by atoms with van der Waals surface area (Å²) in [5.41, 5.74) is 1.60. The van der Waals surface area contributed by atoms with Crippen LogP contribution in [0, 0.1) is 6.92 Å². The Balaban J connectivity index is 1.41. The first-order valence-corrected chi connectivity index (χ1v) is 9.33. The van der Waals surface area contributed by atoms with Crippen molar-refractivity contribution in [3.05, 3.63) is 52.5 Å². The second kappa shape index (κ2) is 7.20. The Hall–Kier alpha value is -2.81. The molecule has 4 rings (SSSR count). The van der Waals surface area contributed by atoms with Crippen molar-refractivity contribution in [2.75, 3.05) is 18.0 Å². The molecule has 0 radical (unpaired) electrons. The summed E-state index contributed by atoms with van der Waals surface area (Å²) in [4.78, 5) is 27.2. The van der Waals surface area contributed by atoms with E-state index < -0.39 is 0 Å². The number of nitrogens with one attached hydrogen (secondary N) is 1. The third kappa shape index (κ3) is 3.43. The molecule has 1 atom stereocenters. The van der Waals surface area contributed by atoms with Gasteiger partial charge in [0.1, 0.15) is 5.69 Å². The van der Waals surface area contributed by atoms with Crippen LogP contribution in [0.4, 0.5) is 5.95 Å². The molecule has 1 N–H and O–H groups in total. The lowest BCUT2D eigenvalue weighted by molar-refractivity contribution is 0.0946. The Morgan fingerprint density at radius 3 is 2.96 bits per heavy atom. The summed E-state index contributed by atoms with van der Waals surface area (Å²) in [6, 6.07) is 3.97. The number of nitrogens with zero attached hydrogens (tertiary/aromatic N) is 6. The van der Waals surface area contributed by atoms with Crippen LogP contribution in [0.1, 0.15) is 33.7 Å². The van der Waals surface area contributed by atoms with Gasteiger partial charge in [-0.3, -0.25) is 9.48 Å². The number of hydrogen-bond donors (Lipinski definition) is 1. The Morgan fingerprint density at radius 1 is 1.35 bits per heavy atom. The zero-order valence-corrected chi connectivity index (χ0v) is 15.2. The van der Waals surface area contributed by atoms with Gasteiger partial charge in [0, 0.05) is 37.1 Å². The molecule has 1 aliphatic rings. The van der Waals surface area contributed by atoms with Crippen LogP contribution in [-0.4, -0.2) is 43.7 Å². The predicted octanol–water partition coefficient (Wildman–Crippen LogP) is 1.82. The number of anilines is 1. The summed E-state index contributed by atoms with van der Waals surface area (Å²) >= 11 is 1.48. The molecule has 0 aromatic carbocycles. The minimum absolute atomic E-state index is 0.130. The summed E-state index contributed by atoms with van der Waals surface area (Å²) in [6.45, 7) is 3.93. The van der Waals surface area contributed by atoms with Gasteiger partial charge < -0.3 is 10.2 Å². The highest BCUT2D eigenvalue weighted by atomic mass is 32.1. The molecule has 0 bridgehead atoms. The van der Waals surface area contributed by atoms with Gasteiger partial charge >= 0.3 is 0 Å². The van der Waals surface area contributed by atoms with Crippen LogP contribution in [0.25, 0.3) is 0 Å². The van der Waals surface area contributed by atoms with Gasteiger partial charge in [-0.1, -0.05) is 0 Å². The second-order valence-electron chi connectivity index (χ2n) is 6.15. The van der Waals surface area contributed by atoms with Gasteiger partial charge in [0.15, 0.2) is 0 Å². The van der Waals surface area contributed by atoms with Crippen LogP contribution >= 0.6 is 11.3 Å². The molecule has 0 fully saturated rings. The summed E-state index contributed by atoms with van der Waals surface area (Å²) in [5, 5.41) is 10.1. The topological polar surface area (TPSA) is 88.8 Å². The molecular formula is C17H19N7OS. The van der Waals surface area contributed by atoms with Crippen molar-refractivity contribution in [1.82, 2.24) is 30.0 Å². The SMILES string of the molecule is Cc1nc(C(=O)NCC[C@H]2CN(c3ncccn3)Cc3ccnn32)cs1. The minimum Gasteiger partial charge on any atom is -0.351 e. The Bertz CT molecular complexity index is 891. The first kappa shape index (κ1) is 16.6. The van der Waals surface area contributed by atoms with E-state index in [9.17, 15) is 4.79 Å². The number of carbonyl (C=O) groups excluding carboxylic acids is 1. The van der Waals surface area contributed by atoms with E-state index in [4.69, 9.17) is 0 Å². The molecular weight excluding hydrogens is 350 g/mol. The van der Waals surface area contributed by atoms with Gasteiger partial charge in [-0.2, -0.15) is 5.10 Å². The van der Waals surface area contributed by atoms with Gasteiger partial charge in [-0.25, -0.2) is 15.0 Å². The van der Waals surface area contributed by atoms with Crippen LogP contribution in [0.15, 0.2) is 36.1 Å². The average molecular weight is 369 g/mol. The fourth-order valence-electron chi connectivity index (χ4n) is 3.12. The highest BCUT2D eigenvalue weighted by molar-refractivity contribution is 7.09. The molecule has 4 heterocycles. The van der Waals surface area contributed by atoms with Crippen LogP contribution in [0.3, 0.4) is 0 Å². The molecule has 8 nitrogen and oxygen atoms in total. The molecule has 134 valence electrons. The monoisotopic (exact) mass is 369 g/mol. The number of hydrogen-bond acceptors (Lipinski definition) is 7. The van der Waals surface area contributed by atoms with Crippen molar-refractivity contribution in [3.63, 3.8) is 0 Å². The van der Waals surface area contributed by atoms with E-state index in [0.29, 0.717) is 18.2 Å². The van der Waals surface area contributed by atoms with Crippen LogP contribution in [0.2, 0.25) is 0 Å². The maximum absolute atomic E-state index is 12.2. The van der Waals surface area contributed by atoms with E-state index >= 15 is 0 Å². The number of thiazole rings is 1. The molecule has 0 saturated carbocycles. The zero-order valence-electron chi connectivity index (χ0n) is 14.4. The molecule has 0 spiro atoms.